The maximum Gasteiger partial charge on any atom is 0.224 e. The smallest absolute Gasteiger partial charge is 0.224 e. The monoisotopic (exact) mass is 251 g/mol. The van der Waals surface area contributed by atoms with Gasteiger partial charge >= 0.3 is 0 Å². The number of hydrogen-bond acceptors (Lipinski definition) is 8. The lowest BCUT2D eigenvalue weighted by Crippen LogP contribution is -2.16. The third-order valence-corrected chi connectivity index (χ3v) is 2.24. The van der Waals surface area contributed by atoms with Crippen LogP contribution in [0.3, 0.4) is 0 Å². The highest BCUT2D eigenvalue weighted by atomic mass is 16.5. The minimum absolute atomic E-state index is 0.470. The Morgan fingerprint density at radius 1 is 1.11 bits per heavy atom. The Kier molecular flexibility index (Phi) is 4.02. The van der Waals surface area contributed by atoms with E-state index in [1.54, 1.807) is 14.2 Å². The third kappa shape index (κ3) is 2.72. The van der Waals surface area contributed by atoms with Crippen LogP contribution in [0.4, 0.5) is 0 Å². The standard InChI is InChI=1S/C10H13N5O3/c1-16-9-7(10(17-2)13-5-12-9)3-11-4-8-14-6-18-15-8/h5-6,11H,3-4H2,1-2H3. The molecule has 0 spiro atoms. The van der Waals surface area contributed by atoms with Crippen molar-refractivity contribution in [2.75, 3.05) is 14.2 Å². The van der Waals surface area contributed by atoms with Crippen LogP contribution < -0.4 is 14.8 Å². The summed E-state index contributed by atoms with van der Waals surface area (Å²) in [6.45, 7) is 0.944. The average Bonchev–Trinajstić information content (AvgIpc) is 2.92. The summed E-state index contributed by atoms with van der Waals surface area (Å²) in [5.74, 6) is 1.52. The second kappa shape index (κ2) is 5.92. The van der Waals surface area contributed by atoms with Gasteiger partial charge in [0.2, 0.25) is 18.2 Å². The Morgan fingerprint density at radius 2 is 1.83 bits per heavy atom. The van der Waals surface area contributed by atoms with E-state index in [2.05, 4.69) is 29.9 Å². The highest BCUT2D eigenvalue weighted by Gasteiger charge is 2.12. The molecule has 0 fully saturated rings. The molecule has 0 aliphatic carbocycles. The number of ether oxygens (including phenoxy) is 2. The highest BCUT2D eigenvalue weighted by molar-refractivity contribution is 5.34. The molecule has 2 aromatic heterocycles. The summed E-state index contributed by atoms with van der Waals surface area (Å²) in [4.78, 5) is 11.9. The molecule has 8 nitrogen and oxygen atoms in total. The van der Waals surface area contributed by atoms with Crippen molar-refractivity contribution in [2.24, 2.45) is 0 Å². The Morgan fingerprint density at radius 3 is 2.39 bits per heavy atom. The molecule has 2 heterocycles. The fourth-order valence-electron chi connectivity index (χ4n) is 1.45. The number of nitrogens with zero attached hydrogens (tertiary/aromatic N) is 4. The lowest BCUT2D eigenvalue weighted by molar-refractivity contribution is 0.358. The van der Waals surface area contributed by atoms with Gasteiger partial charge in [0.1, 0.15) is 6.33 Å². The van der Waals surface area contributed by atoms with Gasteiger partial charge in [-0.15, -0.1) is 0 Å². The molecular weight excluding hydrogens is 238 g/mol. The van der Waals surface area contributed by atoms with E-state index in [0.29, 0.717) is 30.7 Å². The van der Waals surface area contributed by atoms with Crippen molar-refractivity contribution >= 4 is 0 Å². The molecule has 8 heteroatoms. The zero-order chi connectivity index (χ0) is 12.8. The molecule has 0 aromatic carbocycles. The van der Waals surface area contributed by atoms with Crippen LogP contribution in [0.15, 0.2) is 17.2 Å². The molecule has 0 saturated carbocycles. The first-order chi connectivity index (χ1) is 8.85. The van der Waals surface area contributed by atoms with Crippen molar-refractivity contribution in [3.05, 3.63) is 24.1 Å². The Labute approximate surface area is 103 Å². The molecule has 2 rings (SSSR count). The van der Waals surface area contributed by atoms with Gasteiger partial charge in [0.25, 0.3) is 0 Å². The van der Waals surface area contributed by atoms with Gasteiger partial charge in [0, 0.05) is 6.54 Å². The van der Waals surface area contributed by atoms with Gasteiger partial charge in [-0.05, 0) is 0 Å². The van der Waals surface area contributed by atoms with Crippen molar-refractivity contribution in [3.8, 4) is 11.8 Å². The molecule has 0 aliphatic heterocycles. The number of aromatic nitrogens is 4. The number of methoxy groups -OCH3 is 2. The summed E-state index contributed by atoms with van der Waals surface area (Å²) in [6, 6.07) is 0. The predicted octanol–water partition coefficient (Wildman–Crippen LogP) is 0.167. The van der Waals surface area contributed by atoms with E-state index in [4.69, 9.17) is 9.47 Å². The Bertz CT molecular complexity index is 466. The predicted molar refractivity (Wildman–Crippen MR) is 60.0 cm³/mol. The van der Waals surface area contributed by atoms with Crippen LogP contribution in [0.5, 0.6) is 11.8 Å². The fourth-order valence-corrected chi connectivity index (χ4v) is 1.45. The van der Waals surface area contributed by atoms with E-state index in [9.17, 15) is 0 Å². The summed E-state index contributed by atoms with van der Waals surface area (Å²) >= 11 is 0. The summed E-state index contributed by atoms with van der Waals surface area (Å²) in [5, 5.41) is 6.82. The number of rotatable bonds is 6. The minimum atomic E-state index is 0.470. The highest BCUT2D eigenvalue weighted by Crippen LogP contribution is 2.22. The molecule has 1 N–H and O–H groups in total. The third-order valence-electron chi connectivity index (χ3n) is 2.24. The van der Waals surface area contributed by atoms with Gasteiger partial charge < -0.3 is 19.3 Å². The van der Waals surface area contributed by atoms with Crippen LogP contribution in [0.25, 0.3) is 0 Å². The van der Waals surface area contributed by atoms with Gasteiger partial charge in [0.05, 0.1) is 26.3 Å². The number of hydrogen-bond donors (Lipinski definition) is 1. The molecule has 0 radical (unpaired) electrons. The molecule has 0 unspecified atom stereocenters. The first kappa shape index (κ1) is 12.2. The SMILES string of the molecule is COc1ncnc(OC)c1CNCc1ncon1. The molecule has 0 bridgehead atoms. The Balaban J connectivity index is 2.03. The van der Waals surface area contributed by atoms with Crippen molar-refractivity contribution in [1.29, 1.82) is 0 Å². The summed E-state index contributed by atoms with van der Waals surface area (Å²) < 4.78 is 14.9. The van der Waals surface area contributed by atoms with E-state index >= 15 is 0 Å². The van der Waals surface area contributed by atoms with Crippen molar-refractivity contribution < 1.29 is 14.0 Å². The summed E-state index contributed by atoms with van der Waals surface area (Å²) in [5.41, 5.74) is 0.742. The van der Waals surface area contributed by atoms with Gasteiger partial charge in [-0.3, -0.25) is 0 Å². The van der Waals surface area contributed by atoms with Gasteiger partial charge in [-0.25, -0.2) is 9.97 Å². The van der Waals surface area contributed by atoms with Crippen molar-refractivity contribution in [2.45, 2.75) is 13.1 Å². The van der Waals surface area contributed by atoms with E-state index in [1.807, 2.05) is 0 Å². The quantitative estimate of drug-likeness (QED) is 0.776. The largest absolute Gasteiger partial charge is 0.481 e. The second-order valence-corrected chi connectivity index (χ2v) is 3.32. The molecule has 0 aliphatic rings. The van der Waals surface area contributed by atoms with Crippen LogP contribution >= 0.6 is 0 Å². The van der Waals surface area contributed by atoms with Crippen LogP contribution in [0, 0.1) is 0 Å². The first-order valence-corrected chi connectivity index (χ1v) is 5.23. The molecule has 96 valence electrons. The van der Waals surface area contributed by atoms with Gasteiger partial charge in [-0.2, -0.15) is 4.98 Å². The molecular formula is C10H13N5O3. The van der Waals surface area contributed by atoms with Crippen LogP contribution in [-0.4, -0.2) is 34.3 Å². The Hall–Kier alpha value is -2.22. The first-order valence-electron chi connectivity index (χ1n) is 5.23. The lowest BCUT2D eigenvalue weighted by atomic mass is 10.3. The molecule has 2 aromatic rings. The molecule has 0 amide bonds. The van der Waals surface area contributed by atoms with Crippen LogP contribution in [0.2, 0.25) is 0 Å². The molecule has 0 saturated heterocycles. The van der Waals surface area contributed by atoms with E-state index in [0.717, 1.165) is 5.56 Å². The van der Waals surface area contributed by atoms with Crippen molar-refractivity contribution in [3.63, 3.8) is 0 Å². The van der Waals surface area contributed by atoms with Crippen LogP contribution in [-0.2, 0) is 13.1 Å². The zero-order valence-corrected chi connectivity index (χ0v) is 10.1. The topological polar surface area (TPSA) is 95.2 Å². The van der Waals surface area contributed by atoms with E-state index in [1.165, 1.54) is 12.7 Å². The fraction of sp³-hybridized carbons (Fsp3) is 0.400. The van der Waals surface area contributed by atoms with Crippen molar-refractivity contribution in [1.82, 2.24) is 25.4 Å². The van der Waals surface area contributed by atoms with E-state index in [-0.39, 0.29) is 0 Å². The van der Waals surface area contributed by atoms with E-state index < -0.39 is 0 Å². The molecule has 0 atom stereocenters. The van der Waals surface area contributed by atoms with Crippen LogP contribution in [0.1, 0.15) is 11.4 Å². The van der Waals surface area contributed by atoms with Gasteiger partial charge in [0.15, 0.2) is 5.82 Å². The summed E-state index contributed by atoms with van der Waals surface area (Å²) in [7, 11) is 3.09. The minimum Gasteiger partial charge on any atom is -0.481 e. The zero-order valence-electron chi connectivity index (χ0n) is 10.1. The number of nitrogens with one attached hydrogen (secondary N) is 1. The maximum absolute atomic E-state index is 5.15. The second-order valence-electron chi connectivity index (χ2n) is 3.32. The normalized spacial score (nSPS) is 10.3. The average molecular weight is 251 g/mol. The van der Waals surface area contributed by atoms with Gasteiger partial charge in [-0.1, -0.05) is 5.16 Å². The molecule has 18 heavy (non-hydrogen) atoms. The maximum atomic E-state index is 5.15. The summed E-state index contributed by atoms with van der Waals surface area (Å²) in [6.07, 6.45) is 2.67. The lowest BCUT2D eigenvalue weighted by Gasteiger charge is -2.10.